The van der Waals surface area contributed by atoms with Crippen molar-refractivity contribution in [1.29, 1.82) is 0 Å². The molecule has 1 atom stereocenters. The van der Waals surface area contributed by atoms with Gasteiger partial charge in [-0.3, -0.25) is 14.8 Å². The number of halogens is 3. The number of Topliss-reactive ketones (excluding diaryl/α,β-unsaturated/α-hetero) is 1. The largest absolute Gasteiger partial charge is 0.417 e. The van der Waals surface area contributed by atoms with Crippen molar-refractivity contribution in [2.24, 2.45) is 0 Å². The van der Waals surface area contributed by atoms with E-state index in [1.54, 1.807) is 6.92 Å². The number of fused-ring (bicyclic) bond motifs is 1. The zero-order valence-electron chi connectivity index (χ0n) is 13.7. The Balaban J connectivity index is 2.04. The maximum absolute atomic E-state index is 13.1. The van der Waals surface area contributed by atoms with Gasteiger partial charge in [-0.15, -0.1) is 0 Å². The maximum atomic E-state index is 13.1. The van der Waals surface area contributed by atoms with Gasteiger partial charge in [-0.2, -0.15) is 13.2 Å². The summed E-state index contributed by atoms with van der Waals surface area (Å²) in [6.45, 7) is 5.48. The van der Waals surface area contributed by atoms with E-state index in [1.807, 2.05) is 19.9 Å². The van der Waals surface area contributed by atoms with E-state index in [-0.39, 0.29) is 5.78 Å². The van der Waals surface area contributed by atoms with Crippen molar-refractivity contribution >= 4 is 5.78 Å². The van der Waals surface area contributed by atoms with Gasteiger partial charge in [0.2, 0.25) is 0 Å². The number of carbonyl (C=O) groups is 1. The number of pyridine rings is 2. The lowest BCUT2D eigenvalue weighted by Crippen LogP contribution is -2.39. The van der Waals surface area contributed by atoms with Crippen LogP contribution in [0.2, 0.25) is 0 Å². The molecule has 24 heavy (non-hydrogen) atoms. The minimum Gasteiger partial charge on any atom is -0.293 e. The van der Waals surface area contributed by atoms with Gasteiger partial charge in [0.05, 0.1) is 22.4 Å². The third kappa shape index (κ3) is 2.60. The number of rotatable bonds is 1. The molecule has 0 spiro atoms. The fourth-order valence-electron chi connectivity index (χ4n) is 3.30. The van der Waals surface area contributed by atoms with Gasteiger partial charge in [0.15, 0.2) is 5.78 Å². The number of hydrogen-bond acceptors (Lipinski definition) is 3. The van der Waals surface area contributed by atoms with E-state index < -0.39 is 17.2 Å². The number of hydrogen-bond donors (Lipinski definition) is 0. The molecule has 0 aliphatic heterocycles. The van der Waals surface area contributed by atoms with E-state index in [0.29, 0.717) is 24.1 Å². The third-order valence-corrected chi connectivity index (χ3v) is 4.67. The van der Waals surface area contributed by atoms with Crippen LogP contribution in [0.15, 0.2) is 24.4 Å². The molecule has 3 nitrogen and oxygen atoms in total. The summed E-state index contributed by atoms with van der Waals surface area (Å²) in [4.78, 5) is 21.4. The van der Waals surface area contributed by atoms with Crippen LogP contribution in [0.3, 0.4) is 0 Å². The van der Waals surface area contributed by atoms with Crippen molar-refractivity contribution in [3.63, 3.8) is 0 Å². The first-order chi connectivity index (χ1) is 11.1. The van der Waals surface area contributed by atoms with Crippen LogP contribution in [0.5, 0.6) is 0 Å². The number of nitrogens with zero attached hydrogens (tertiary/aromatic N) is 2. The highest BCUT2D eigenvalue weighted by Crippen LogP contribution is 2.39. The lowest BCUT2D eigenvalue weighted by molar-refractivity contribution is -0.137. The van der Waals surface area contributed by atoms with Crippen LogP contribution in [0.1, 0.15) is 51.9 Å². The first-order valence-electron chi connectivity index (χ1n) is 7.68. The molecule has 0 saturated carbocycles. The molecule has 1 aliphatic rings. The second kappa shape index (κ2) is 5.40. The summed E-state index contributed by atoms with van der Waals surface area (Å²) < 4.78 is 38.1. The summed E-state index contributed by atoms with van der Waals surface area (Å²) in [6, 6.07) is 4.14. The standard InChI is InChI=1S/C18H17F3N2O/c1-10-8-11(2)23-13-6-7-17(3,16(24)15(10)13)14-5-4-12(9-22-14)18(19,20)21/h4-5,8-9H,6-7H2,1-3H3. The fourth-order valence-corrected chi connectivity index (χ4v) is 3.30. The van der Waals surface area contributed by atoms with Crippen LogP contribution in [-0.2, 0) is 18.0 Å². The van der Waals surface area contributed by atoms with Crippen LogP contribution in [0.4, 0.5) is 13.2 Å². The molecule has 0 saturated heterocycles. The van der Waals surface area contributed by atoms with Gasteiger partial charge >= 0.3 is 6.18 Å². The minimum absolute atomic E-state index is 0.124. The number of ketones is 1. The first-order valence-corrected chi connectivity index (χ1v) is 7.68. The SMILES string of the molecule is Cc1cc(C)c2c(n1)CCC(C)(c1ccc(C(F)(F)F)cn1)C2=O. The molecule has 2 aromatic rings. The van der Waals surface area contributed by atoms with Crippen molar-refractivity contribution in [3.05, 3.63) is 58.2 Å². The lowest BCUT2D eigenvalue weighted by atomic mass is 9.70. The van der Waals surface area contributed by atoms with Crippen LogP contribution < -0.4 is 0 Å². The average molecular weight is 334 g/mol. The number of alkyl halides is 3. The van der Waals surface area contributed by atoms with Gasteiger partial charge < -0.3 is 0 Å². The molecule has 0 bridgehead atoms. The maximum Gasteiger partial charge on any atom is 0.417 e. The Morgan fingerprint density at radius 1 is 1.21 bits per heavy atom. The molecule has 0 aromatic carbocycles. The Kier molecular flexibility index (Phi) is 3.73. The Bertz CT molecular complexity index is 812. The summed E-state index contributed by atoms with van der Waals surface area (Å²) in [5.74, 6) is -0.124. The van der Waals surface area contributed by atoms with Gasteiger partial charge in [0.1, 0.15) is 0 Å². The van der Waals surface area contributed by atoms with Crippen molar-refractivity contribution in [1.82, 2.24) is 9.97 Å². The molecule has 126 valence electrons. The molecule has 6 heteroatoms. The molecule has 0 radical (unpaired) electrons. The smallest absolute Gasteiger partial charge is 0.293 e. The van der Waals surface area contributed by atoms with Gasteiger partial charge in [-0.1, -0.05) is 0 Å². The van der Waals surface area contributed by atoms with Gasteiger partial charge in [-0.25, -0.2) is 0 Å². The molecule has 3 rings (SSSR count). The quantitative estimate of drug-likeness (QED) is 0.785. The second-order valence-corrected chi connectivity index (χ2v) is 6.49. The number of aromatic nitrogens is 2. The Hall–Kier alpha value is -2.24. The highest BCUT2D eigenvalue weighted by Gasteiger charge is 2.43. The van der Waals surface area contributed by atoms with Gasteiger partial charge in [0, 0.05) is 17.5 Å². The highest BCUT2D eigenvalue weighted by molar-refractivity contribution is 6.06. The summed E-state index contributed by atoms with van der Waals surface area (Å²) in [6.07, 6.45) is -2.56. The fraction of sp³-hybridized carbons (Fsp3) is 0.389. The Morgan fingerprint density at radius 2 is 1.92 bits per heavy atom. The average Bonchev–Trinajstić information content (AvgIpc) is 2.50. The van der Waals surface area contributed by atoms with Gasteiger partial charge in [-0.05, 0) is 57.4 Å². The summed E-state index contributed by atoms with van der Waals surface area (Å²) >= 11 is 0. The van der Waals surface area contributed by atoms with Crippen molar-refractivity contribution < 1.29 is 18.0 Å². The van der Waals surface area contributed by atoms with Crippen LogP contribution in [0, 0.1) is 13.8 Å². The van der Waals surface area contributed by atoms with Crippen LogP contribution in [-0.4, -0.2) is 15.8 Å². The third-order valence-electron chi connectivity index (χ3n) is 4.67. The molecule has 1 aliphatic carbocycles. The molecular formula is C18H17F3N2O. The van der Waals surface area contributed by atoms with E-state index in [0.717, 1.165) is 29.2 Å². The van der Waals surface area contributed by atoms with E-state index in [4.69, 9.17) is 0 Å². The lowest BCUT2D eigenvalue weighted by Gasteiger charge is -2.33. The van der Waals surface area contributed by atoms with E-state index in [1.165, 1.54) is 6.07 Å². The first kappa shape index (κ1) is 16.6. The van der Waals surface area contributed by atoms with Crippen molar-refractivity contribution in [2.75, 3.05) is 0 Å². The predicted octanol–water partition coefficient (Wildman–Crippen LogP) is 4.20. The van der Waals surface area contributed by atoms with Crippen molar-refractivity contribution in [3.8, 4) is 0 Å². The number of carbonyl (C=O) groups excluding carboxylic acids is 1. The molecule has 1 unspecified atom stereocenters. The summed E-state index contributed by atoms with van der Waals surface area (Å²) in [7, 11) is 0. The molecule has 0 fully saturated rings. The van der Waals surface area contributed by atoms with E-state index in [2.05, 4.69) is 9.97 Å². The minimum atomic E-state index is -4.44. The van der Waals surface area contributed by atoms with Crippen LogP contribution in [0.25, 0.3) is 0 Å². The monoisotopic (exact) mass is 334 g/mol. The van der Waals surface area contributed by atoms with E-state index in [9.17, 15) is 18.0 Å². The van der Waals surface area contributed by atoms with E-state index >= 15 is 0 Å². The van der Waals surface area contributed by atoms with Crippen LogP contribution >= 0.6 is 0 Å². The molecule has 2 aromatic heterocycles. The second-order valence-electron chi connectivity index (χ2n) is 6.49. The molecule has 2 heterocycles. The predicted molar refractivity (Wildman–Crippen MR) is 83.0 cm³/mol. The van der Waals surface area contributed by atoms with Gasteiger partial charge in [0.25, 0.3) is 0 Å². The summed E-state index contributed by atoms with van der Waals surface area (Å²) in [5, 5.41) is 0. The molecule has 0 amide bonds. The zero-order chi connectivity index (χ0) is 17.7. The Labute approximate surface area is 137 Å². The van der Waals surface area contributed by atoms with Crippen molar-refractivity contribution in [2.45, 2.75) is 45.2 Å². The molecule has 0 N–H and O–H groups in total. The molecular weight excluding hydrogens is 317 g/mol. The number of aryl methyl sites for hydroxylation is 3. The normalized spacial score (nSPS) is 20.8. The summed E-state index contributed by atoms with van der Waals surface area (Å²) in [5.41, 5.74) is 1.67. The highest BCUT2D eigenvalue weighted by atomic mass is 19.4. The Morgan fingerprint density at radius 3 is 2.50 bits per heavy atom. The topological polar surface area (TPSA) is 42.9 Å². The zero-order valence-corrected chi connectivity index (χ0v) is 13.7.